The lowest BCUT2D eigenvalue weighted by Crippen LogP contribution is -2.42. The van der Waals surface area contributed by atoms with E-state index in [9.17, 15) is 0 Å². The van der Waals surface area contributed by atoms with Gasteiger partial charge in [0.05, 0.1) is 6.54 Å². The molecule has 1 aromatic carbocycles. The van der Waals surface area contributed by atoms with Gasteiger partial charge < -0.3 is 10.6 Å². The van der Waals surface area contributed by atoms with Crippen LogP contribution in [0.2, 0.25) is 0 Å². The Morgan fingerprint density at radius 2 is 2.00 bits per heavy atom. The number of hydrogen-bond donors (Lipinski definition) is 1. The van der Waals surface area contributed by atoms with Crippen molar-refractivity contribution in [1.29, 1.82) is 0 Å². The Kier molecular flexibility index (Phi) is 5.79. The van der Waals surface area contributed by atoms with E-state index < -0.39 is 0 Å². The van der Waals surface area contributed by atoms with Crippen molar-refractivity contribution in [2.45, 2.75) is 0 Å². The van der Waals surface area contributed by atoms with Crippen molar-refractivity contribution < 1.29 is 0 Å². The fourth-order valence-corrected chi connectivity index (χ4v) is 2.97. The Morgan fingerprint density at radius 1 is 1.32 bits per heavy atom. The first kappa shape index (κ1) is 14.5. The summed E-state index contributed by atoms with van der Waals surface area (Å²) >= 11 is 5.39. The van der Waals surface area contributed by atoms with Gasteiger partial charge >= 0.3 is 0 Å². The molecule has 19 heavy (non-hydrogen) atoms. The van der Waals surface area contributed by atoms with Crippen molar-refractivity contribution in [3.05, 3.63) is 40.4 Å². The number of aliphatic imine (C=N–C) groups is 1. The summed E-state index contributed by atoms with van der Waals surface area (Å²) < 4.78 is 1.09. The number of benzene rings is 1. The van der Waals surface area contributed by atoms with E-state index in [1.165, 1.54) is 5.56 Å². The standard InChI is InChI=1S/C14H18BrN3S/c15-13-5-3-12(4-6-13)2-1-7-17-14(16)18-8-10-19-11-9-18/h1-6H,7-11H2,(H2,16,17)/b2-1+. The fourth-order valence-electron chi connectivity index (χ4n) is 1.80. The number of hydrogen-bond acceptors (Lipinski definition) is 2. The Bertz CT molecular complexity index is 450. The van der Waals surface area contributed by atoms with E-state index in [1.54, 1.807) is 0 Å². The zero-order valence-electron chi connectivity index (χ0n) is 10.8. The molecule has 1 aliphatic heterocycles. The molecule has 5 heteroatoms. The molecule has 1 heterocycles. The highest BCUT2D eigenvalue weighted by atomic mass is 79.9. The summed E-state index contributed by atoms with van der Waals surface area (Å²) in [6.07, 6.45) is 4.10. The molecule has 102 valence electrons. The predicted molar refractivity (Wildman–Crippen MR) is 88.6 cm³/mol. The number of nitrogens with zero attached hydrogens (tertiary/aromatic N) is 2. The summed E-state index contributed by atoms with van der Waals surface area (Å²) in [5, 5.41) is 0. The van der Waals surface area contributed by atoms with E-state index in [-0.39, 0.29) is 0 Å². The van der Waals surface area contributed by atoms with E-state index in [0.717, 1.165) is 29.1 Å². The topological polar surface area (TPSA) is 41.6 Å². The molecular weight excluding hydrogens is 322 g/mol. The summed E-state index contributed by atoms with van der Waals surface area (Å²) in [6, 6.07) is 8.19. The van der Waals surface area contributed by atoms with Crippen LogP contribution in [-0.2, 0) is 0 Å². The second-order valence-electron chi connectivity index (χ2n) is 4.25. The van der Waals surface area contributed by atoms with Crippen LogP contribution in [0.4, 0.5) is 0 Å². The molecule has 0 unspecified atom stereocenters. The molecule has 0 atom stereocenters. The molecule has 0 radical (unpaired) electrons. The van der Waals surface area contributed by atoms with Gasteiger partial charge in [0.2, 0.25) is 0 Å². The largest absolute Gasteiger partial charge is 0.370 e. The average Bonchev–Trinajstić information content (AvgIpc) is 2.46. The minimum Gasteiger partial charge on any atom is -0.370 e. The Hall–Kier alpha value is -0.940. The number of guanidine groups is 1. The van der Waals surface area contributed by atoms with Gasteiger partial charge in [-0.05, 0) is 17.7 Å². The molecule has 2 rings (SSSR count). The second kappa shape index (κ2) is 7.60. The van der Waals surface area contributed by atoms with Crippen molar-refractivity contribution in [1.82, 2.24) is 4.90 Å². The molecule has 0 bridgehead atoms. The highest BCUT2D eigenvalue weighted by Gasteiger charge is 2.11. The third-order valence-electron chi connectivity index (χ3n) is 2.87. The lowest BCUT2D eigenvalue weighted by atomic mass is 10.2. The minimum absolute atomic E-state index is 0.630. The monoisotopic (exact) mass is 339 g/mol. The molecule has 1 fully saturated rings. The van der Waals surface area contributed by atoms with Crippen molar-refractivity contribution in [2.75, 3.05) is 31.1 Å². The van der Waals surface area contributed by atoms with Gasteiger partial charge in [-0.3, -0.25) is 0 Å². The van der Waals surface area contributed by atoms with Crippen molar-refractivity contribution in [3.8, 4) is 0 Å². The summed E-state index contributed by atoms with van der Waals surface area (Å²) in [5.74, 6) is 2.95. The summed E-state index contributed by atoms with van der Waals surface area (Å²) in [5.41, 5.74) is 7.15. The van der Waals surface area contributed by atoms with E-state index in [1.807, 2.05) is 30.0 Å². The number of rotatable bonds is 3. The molecule has 0 aliphatic carbocycles. The summed E-state index contributed by atoms with van der Waals surface area (Å²) in [7, 11) is 0. The molecule has 1 saturated heterocycles. The Balaban J connectivity index is 1.82. The minimum atomic E-state index is 0.630. The number of thioether (sulfide) groups is 1. The SMILES string of the molecule is NC(=NC/C=C/c1ccc(Br)cc1)N1CCSCC1. The molecule has 3 nitrogen and oxygen atoms in total. The van der Waals surface area contributed by atoms with Crippen LogP contribution in [0, 0.1) is 0 Å². The maximum Gasteiger partial charge on any atom is 0.191 e. The maximum absolute atomic E-state index is 5.97. The van der Waals surface area contributed by atoms with Gasteiger partial charge in [-0.1, -0.05) is 40.2 Å². The molecule has 2 N–H and O–H groups in total. The lowest BCUT2D eigenvalue weighted by molar-refractivity contribution is 0.456. The predicted octanol–water partition coefficient (Wildman–Crippen LogP) is 2.83. The average molecular weight is 340 g/mol. The van der Waals surface area contributed by atoms with Crippen LogP contribution in [0.25, 0.3) is 6.08 Å². The molecule has 1 aromatic rings. The van der Waals surface area contributed by atoms with Crippen molar-refractivity contribution >= 4 is 39.7 Å². The molecule has 0 amide bonds. The van der Waals surface area contributed by atoms with Gasteiger partial charge in [0.25, 0.3) is 0 Å². The highest BCUT2D eigenvalue weighted by molar-refractivity contribution is 9.10. The lowest BCUT2D eigenvalue weighted by Gasteiger charge is -2.27. The van der Waals surface area contributed by atoms with Crippen molar-refractivity contribution in [3.63, 3.8) is 0 Å². The quantitative estimate of drug-likeness (QED) is 0.680. The molecule has 0 saturated carbocycles. The van der Waals surface area contributed by atoms with Crippen LogP contribution < -0.4 is 5.73 Å². The van der Waals surface area contributed by atoms with Gasteiger partial charge in [-0.15, -0.1) is 0 Å². The van der Waals surface area contributed by atoms with Gasteiger partial charge in [-0.2, -0.15) is 11.8 Å². The Labute approximate surface area is 127 Å². The fraction of sp³-hybridized carbons (Fsp3) is 0.357. The highest BCUT2D eigenvalue weighted by Crippen LogP contribution is 2.11. The normalized spacial score (nSPS) is 17.1. The van der Waals surface area contributed by atoms with Crippen LogP contribution in [0.5, 0.6) is 0 Å². The zero-order chi connectivity index (χ0) is 13.5. The Morgan fingerprint density at radius 3 is 2.68 bits per heavy atom. The van der Waals surface area contributed by atoms with Crippen molar-refractivity contribution in [2.24, 2.45) is 10.7 Å². The van der Waals surface area contributed by atoms with E-state index in [4.69, 9.17) is 5.73 Å². The molecule has 1 aliphatic rings. The number of halogens is 1. The van der Waals surface area contributed by atoms with Crippen LogP contribution >= 0.6 is 27.7 Å². The second-order valence-corrected chi connectivity index (χ2v) is 6.39. The van der Waals surface area contributed by atoms with E-state index in [2.05, 4.69) is 44.0 Å². The first-order valence-corrected chi connectivity index (χ1v) is 8.25. The third-order valence-corrected chi connectivity index (χ3v) is 4.35. The maximum atomic E-state index is 5.97. The first-order chi connectivity index (χ1) is 9.25. The third kappa shape index (κ3) is 4.91. The van der Waals surface area contributed by atoms with Gasteiger partial charge in [-0.25, -0.2) is 4.99 Å². The number of nitrogens with two attached hydrogens (primary N) is 1. The van der Waals surface area contributed by atoms with Crippen LogP contribution in [0.1, 0.15) is 5.56 Å². The molecule has 0 aromatic heterocycles. The summed E-state index contributed by atoms with van der Waals surface area (Å²) in [6.45, 7) is 2.65. The summed E-state index contributed by atoms with van der Waals surface area (Å²) in [4.78, 5) is 6.55. The smallest absolute Gasteiger partial charge is 0.191 e. The zero-order valence-corrected chi connectivity index (χ0v) is 13.2. The van der Waals surface area contributed by atoms with Crippen LogP contribution in [0.3, 0.4) is 0 Å². The van der Waals surface area contributed by atoms with Crippen LogP contribution in [-0.4, -0.2) is 42.0 Å². The van der Waals surface area contributed by atoms with Gasteiger partial charge in [0.15, 0.2) is 5.96 Å². The molecular formula is C14H18BrN3S. The van der Waals surface area contributed by atoms with Crippen LogP contribution in [0.15, 0.2) is 39.8 Å². The molecule has 0 spiro atoms. The van der Waals surface area contributed by atoms with E-state index >= 15 is 0 Å². The van der Waals surface area contributed by atoms with E-state index in [0.29, 0.717) is 12.5 Å². The first-order valence-electron chi connectivity index (χ1n) is 6.30. The van der Waals surface area contributed by atoms with Gasteiger partial charge in [0.1, 0.15) is 0 Å². The van der Waals surface area contributed by atoms with Gasteiger partial charge in [0, 0.05) is 29.1 Å².